The van der Waals surface area contributed by atoms with E-state index in [1.807, 2.05) is 5.37 Å². The lowest BCUT2D eigenvalue weighted by molar-refractivity contribution is 0.210. The molecule has 0 aromatic rings. The van der Waals surface area contributed by atoms with Crippen LogP contribution in [0, 0.1) is 5.92 Å². The van der Waals surface area contributed by atoms with E-state index >= 15 is 0 Å². The number of piperidine rings is 1. The molecule has 0 saturated carbocycles. The van der Waals surface area contributed by atoms with Gasteiger partial charge in [0.05, 0.1) is 5.37 Å². The second-order valence-corrected chi connectivity index (χ2v) is 6.53. The van der Waals surface area contributed by atoms with Crippen molar-refractivity contribution in [1.82, 2.24) is 10.2 Å². The number of thioether (sulfide) groups is 1. The molecule has 1 N–H and O–H groups in total. The fraction of sp³-hybridized carbons (Fsp3) is 0.909. The maximum Gasteiger partial charge on any atom is 0.0570 e. The Hall–Kier alpha value is 0.360. The zero-order valence-corrected chi connectivity index (χ0v) is 11.1. The number of hydrogen-bond acceptors (Lipinski definition) is 4. The van der Waals surface area contributed by atoms with E-state index in [2.05, 4.69) is 35.9 Å². The molecule has 2 rings (SSSR count). The van der Waals surface area contributed by atoms with Crippen LogP contribution in [0.15, 0.2) is 0 Å². The molecule has 86 valence electrons. The molecule has 2 saturated heterocycles. The fourth-order valence-corrected chi connectivity index (χ4v) is 4.34. The van der Waals surface area contributed by atoms with E-state index in [-0.39, 0.29) is 0 Å². The summed E-state index contributed by atoms with van der Waals surface area (Å²) in [6.45, 7) is 4.78. The molecule has 0 bridgehead atoms. The zero-order valence-electron chi connectivity index (χ0n) is 9.48. The van der Waals surface area contributed by atoms with Crippen LogP contribution in [0.1, 0.15) is 19.8 Å². The van der Waals surface area contributed by atoms with Crippen molar-refractivity contribution in [3.63, 3.8) is 0 Å². The molecule has 0 aliphatic carbocycles. The molecule has 0 amide bonds. The molecule has 3 unspecified atom stereocenters. The highest BCUT2D eigenvalue weighted by Crippen LogP contribution is 2.35. The lowest BCUT2D eigenvalue weighted by atomic mass is 9.96. The minimum atomic E-state index is 0.439. The molecule has 15 heavy (non-hydrogen) atoms. The van der Waals surface area contributed by atoms with Gasteiger partial charge in [-0.1, -0.05) is 19.1 Å². The quantitative estimate of drug-likeness (QED) is 0.744. The van der Waals surface area contributed by atoms with Crippen LogP contribution in [-0.2, 0) is 0 Å². The van der Waals surface area contributed by atoms with E-state index in [0.717, 1.165) is 5.92 Å². The average molecular weight is 244 g/mol. The second-order valence-electron chi connectivity index (χ2n) is 4.73. The molecule has 0 aromatic carbocycles. The molecule has 2 aliphatic rings. The zero-order chi connectivity index (χ0) is 10.8. The molecule has 2 aliphatic heterocycles. The van der Waals surface area contributed by atoms with Crippen molar-refractivity contribution in [3.05, 3.63) is 0 Å². The van der Waals surface area contributed by atoms with Crippen LogP contribution in [0.25, 0.3) is 0 Å². The Balaban J connectivity index is 1.87. The first-order chi connectivity index (χ1) is 7.20. The molecular weight excluding hydrogens is 224 g/mol. The van der Waals surface area contributed by atoms with Crippen LogP contribution in [0.2, 0.25) is 0 Å². The third-order valence-electron chi connectivity index (χ3n) is 3.56. The number of hydrogen-bond donors (Lipinski definition) is 1. The molecule has 2 nitrogen and oxygen atoms in total. The van der Waals surface area contributed by atoms with Gasteiger partial charge in [-0.2, -0.15) is 0 Å². The molecule has 4 heteroatoms. The predicted molar refractivity (Wildman–Crippen MR) is 71.6 cm³/mol. The van der Waals surface area contributed by atoms with Crippen LogP contribution >= 0.6 is 24.0 Å². The van der Waals surface area contributed by atoms with Gasteiger partial charge in [0.2, 0.25) is 0 Å². The van der Waals surface area contributed by atoms with Crippen molar-refractivity contribution >= 4 is 29.3 Å². The standard InChI is InChI=1S/C11H20N2S2/c1-8-10(7-14)12-11(15-8)9-3-5-13(2)6-4-9/h7-12H,3-6H2,1-2H3. The van der Waals surface area contributed by atoms with Crippen molar-refractivity contribution in [2.45, 2.75) is 36.4 Å². The summed E-state index contributed by atoms with van der Waals surface area (Å²) in [5, 5.41) is 6.84. The SMILES string of the molecule is CC1SC(C2CCN(C)CC2)NC1C=S. The third-order valence-corrected chi connectivity index (χ3v) is 5.39. The van der Waals surface area contributed by atoms with Crippen LogP contribution in [0.4, 0.5) is 0 Å². The first kappa shape index (κ1) is 11.8. The third kappa shape index (κ3) is 2.73. The topological polar surface area (TPSA) is 15.3 Å². The summed E-state index contributed by atoms with van der Waals surface area (Å²) < 4.78 is 0. The Morgan fingerprint density at radius 3 is 2.60 bits per heavy atom. The van der Waals surface area contributed by atoms with Crippen molar-refractivity contribution < 1.29 is 0 Å². The number of thiocarbonyl (C=S) groups is 1. The van der Waals surface area contributed by atoms with Crippen molar-refractivity contribution in [3.8, 4) is 0 Å². The lowest BCUT2D eigenvalue weighted by Gasteiger charge is -2.32. The van der Waals surface area contributed by atoms with E-state index in [0.29, 0.717) is 16.7 Å². The smallest absolute Gasteiger partial charge is 0.0570 e. The molecule has 0 aromatic heterocycles. The van der Waals surface area contributed by atoms with E-state index < -0.39 is 0 Å². The highest BCUT2D eigenvalue weighted by molar-refractivity contribution is 8.00. The van der Waals surface area contributed by atoms with Crippen LogP contribution in [0.5, 0.6) is 0 Å². The monoisotopic (exact) mass is 244 g/mol. The molecular formula is C11H20N2S2. The van der Waals surface area contributed by atoms with Crippen molar-refractivity contribution in [2.75, 3.05) is 20.1 Å². The Kier molecular flexibility index (Phi) is 4.04. The minimum absolute atomic E-state index is 0.439. The van der Waals surface area contributed by atoms with Crippen molar-refractivity contribution in [1.29, 1.82) is 0 Å². The molecule has 0 radical (unpaired) electrons. The Morgan fingerprint density at radius 2 is 2.07 bits per heavy atom. The van der Waals surface area contributed by atoms with Crippen LogP contribution in [-0.4, -0.2) is 47.1 Å². The predicted octanol–water partition coefficient (Wildman–Crippen LogP) is 1.75. The summed E-state index contributed by atoms with van der Waals surface area (Å²) >= 11 is 7.13. The van der Waals surface area contributed by atoms with Crippen LogP contribution in [0.3, 0.4) is 0 Å². The fourth-order valence-electron chi connectivity index (χ4n) is 2.41. The Labute approximate surface area is 102 Å². The van der Waals surface area contributed by atoms with Crippen LogP contribution < -0.4 is 5.32 Å². The van der Waals surface area contributed by atoms with Gasteiger partial charge in [-0.15, -0.1) is 11.8 Å². The van der Waals surface area contributed by atoms with Gasteiger partial charge in [0.25, 0.3) is 0 Å². The maximum absolute atomic E-state index is 5.05. The summed E-state index contributed by atoms with van der Waals surface area (Å²) in [6, 6.07) is 0.439. The molecule has 0 spiro atoms. The summed E-state index contributed by atoms with van der Waals surface area (Å²) in [5.74, 6) is 0.841. The Morgan fingerprint density at radius 1 is 1.40 bits per heavy atom. The number of nitrogens with one attached hydrogen (secondary N) is 1. The lowest BCUT2D eigenvalue weighted by Crippen LogP contribution is -2.41. The van der Waals surface area contributed by atoms with Gasteiger partial charge in [-0.3, -0.25) is 5.32 Å². The molecule has 3 atom stereocenters. The van der Waals surface area contributed by atoms with E-state index in [4.69, 9.17) is 12.2 Å². The Bertz CT molecular complexity index is 227. The summed E-state index contributed by atoms with van der Waals surface area (Å²) in [6.07, 6.45) is 2.66. The number of rotatable bonds is 2. The number of likely N-dealkylation sites (tertiary alicyclic amines) is 1. The van der Waals surface area contributed by atoms with Gasteiger partial charge in [0.15, 0.2) is 0 Å². The van der Waals surface area contributed by atoms with E-state index in [1.54, 1.807) is 0 Å². The van der Waals surface area contributed by atoms with Gasteiger partial charge in [-0.25, -0.2) is 0 Å². The van der Waals surface area contributed by atoms with Gasteiger partial charge >= 0.3 is 0 Å². The first-order valence-electron chi connectivity index (χ1n) is 5.76. The molecule has 2 heterocycles. The van der Waals surface area contributed by atoms with E-state index in [9.17, 15) is 0 Å². The molecule has 2 fully saturated rings. The van der Waals surface area contributed by atoms with E-state index in [1.165, 1.54) is 25.9 Å². The average Bonchev–Trinajstić information content (AvgIpc) is 2.61. The normalized spacial score (nSPS) is 39.5. The first-order valence-corrected chi connectivity index (χ1v) is 7.17. The summed E-state index contributed by atoms with van der Waals surface area (Å²) in [7, 11) is 2.22. The minimum Gasteiger partial charge on any atom is -0.306 e. The van der Waals surface area contributed by atoms with Gasteiger partial charge in [-0.05, 0) is 44.3 Å². The van der Waals surface area contributed by atoms with Gasteiger partial charge in [0, 0.05) is 11.3 Å². The number of nitrogens with zero attached hydrogens (tertiary/aromatic N) is 1. The summed E-state index contributed by atoms with van der Waals surface area (Å²) in [5.41, 5.74) is 0. The highest BCUT2D eigenvalue weighted by Gasteiger charge is 2.35. The summed E-state index contributed by atoms with van der Waals surface area (Å²) in [4.78, 5) is 2.43. The van der Waals surface area contributed by atoms with Gasteiger partial charge < -0.3 is 4.90 Å². The van der Waals surface area contributed by atoms with Gasteiger partial charge in [0.1, 0.15) is 0 Å². The highest BCUT2D eigenvalue weighted by atomic mass is 32.2. The second kappa shape index (κ2) is 5.13. The maximum atomic E-state index is 5.05. The van der Waals surface area contributed by atoms with Crippen molar-refractivity contribution in [2.24, 2.45) is 5.92 Å². The largest absolute Gasteiger partial charge is 0.306 e.